The number of amides is 1. The predicted octanol–water partition coefficient (Wildman–Crippen LogP) is 2.93. The summed E-state index contributed by atoms with van der Waals surface area (Å²) in [6, 6.07) is 13.8. The van der Waals surface area contributed by atoms with Gasteiger partial charge in [0.2, 0.25) is 5.91 Å². The Morgan fingerprint density at radius 2 is 1.64 bits per heavy atom. The molecule has 2 aromatic rings. The quantitative estimate of drug-likeness (QED) is 0.823. The summed E-state index contributed by atoms with van der Waals surface area (Å²) in [6.07, 6.45) is 0.765. The van der Waals surface area contributed by atoms with Crippen LogP contribution in [0.25, 0.3) is 0 Å². The van der Waals surface area contributed by atoms with Crippen LogP contribution in [-0.4, -0.2) is 19.0 Å². The molecule has 5 heteroatoms. The molecule has 2 N–H and O–H groups in total. The minimum absolute atomic E-state index is 0.0592. The van der Waals surface area contributed by atoms with Crippen LogP contribution in [0.1, 0.15) is 11.1 Å². The van der Waals surface area contributed by atoms with Gasteiger partial charge in [0.1, 0.15) is 5.82 Å². The normalized spacial score (nSPS) is 10.5. The first-order valence-corrected chi connectivity index (χ1v) is 7.47. The van der Waals surface area contributed by atoms with E-state index in [0.29, 0.717) is 18.1 Å². The molecule has 0 saturated heterocycles. The van der Waals surface area contributed by atoms with Crippen LogP contribution in [0, 0.1) is 5.82 Å². The Hall–Kier alpha value is -1.91. The van der Waals surface area contributed by atoms with Crippen molar-refractivity contribution < 1.29 is 9.18 Å². The number of hydrogen-bond acceptors (Lipinski definition) is 2. The van der Waals surface area contributed by atoms with Crippen LogP contribution >= 0.6 is 11.6 Å². The molecule has 0 aromatic heterocycles. The zero-order chi connectivity index (χ0) is 15.8. The van der Waals surface area contributed by atoms with E-state index in [2.05, 4.69) is 10.6 Å². The Bertz CT molecular complexity index is 546. The van der Waals surface area contributed by atoms with Crippen molar-refractivity contribution in [1.82, 2.24) is 10.6 Å². The number of halogens is 2. The third-order valence-corrected chi connectivity index (χ3v) is 3.43. The number of carbonyl (C=O) groups excluding carboxylic acids is 1. The monoisotopic (exact) mass is 320 g/mol. The Kier molecular flexibility index (Phi) is 6.37. The summed E-state index contributed by atoms with van der Waals surface area (Å²) in [5.41, 5.74) is 2.07. The van der Waals surface area contributed by atoms with E-state index in [1.54, 1.807) is 12.1 Å². The molecule has 1 amide bonds. The van der Waals surface area contributed by atoms with Gasteiger partial charge in [-0.3, -0.25) is 4.79 Å². The molecule has 2 aromatic carbocycles. The van der Waals surface area contributed by atoms with Gasteiger partial charge < -0.3 is 10.6 Å². The lowest BCUT2D eigenvalue weighted by Crippen LogP contribution is -2.34. The molecular weight excluding hydrogens is 303 g/mol. The number of rotatable bonds is 7. The maximum absolute atomic E-state index is 12.7. The second kappa shape index (κ2) is 8.51. The van der Waals surface area contributed by atoms with Gasteiger partial charge in [0, 0.05) is 18.1 Å². The van der Waals surface area contributed by atoms with Crippen molar-refractivity contribution in [2.24, 2.45) is 0 Å². The number of hydrogen-bond donors (Lipinski definition) is 2. The first-order chi connectivity index (χ1) is 10.6. The number of carbonyl (C=O) groups is 1. The van der Waals surface area contributed by atoms with Gasteiger partial charge in [0.15, 0.2) is 0 Å². The van der Waals surface area contributed by atoms with Crippen molar-refractivity contribution >= 4 is 17.5 Å². The van der Waals surface area contributed by atoms with Crippen molar-refractivity contribution in [2.45, 2.75) is 13.0 Å². The molecule has 0 unspecified atom stereocenters. The lowest BCUT2D eigenvalue weighted by atomic mass is 10.1. The minimum atomic E-state index is -0.260. The van der Waals surface area contributed by atoms with Crippen LogP contribution < -0.4 is 10.6 Å². The average molecular weight is 321 g/mol. The molecule has 0 aliphatic rings. The standard InChI is InChI=1S/C17H18ClFN2O/c18-15-5-1-13(2-6-15)9-10-21-17(22)12-20-11-14-3-7-16(19)8-4-14/h1-8,20H,9-12H2,(H,21,22). The number of nitrogens with one attached hydrogen (secondary N) is 2. The van der Waals surface area contributed by atoms with Gasteiger partial charge in [-0.1, -0.05) is 35.9 Å². The fraction of sp³-hybridized carbons (Fsp3) is 0.235. The summed E-state index contributed by atoms with van der Waals surface area (Å²) >= 11 is 5.81. The highest BCUT2D eigenvalue weighted by atomic mass is 35.5. The van der Waals surface area contributed by atoms with Crippen LogP contribution in [0.2, 0.25) is 5.02 Å². The zero-order valence-corrected chi connectivity index (χ0v) is 12.9. The summed E-state index contributed by atoms with van der Waals surface area (Å²) in [5, 5.41) is 6.58. The van der Waals surface area contributed by atoms with Crippen molar-refractivity contribution in [2.75, 3.05) is 13.1 Å². The minimum Gasteiger partial charge on any atom is -0.355 e. The fourth-order valence-corrected chi connectivity index (χ4v) is 2.11. The molecule has 0 aliphatic heterocycles. The topological polar surface area (TPSA) is 41.1 Å². The Morgan fingerprint density at radius 3 is 2.32 bits per heavy atom. The largest absolute Gasteiger partial charge is 0.355 e. The van der Waals surface area contributed by atoms with Crippen molar-refractivity contribution in [1.29, 1.82) is 0 Å². The third-order valence-electron chi connectivity index (χ3n) is 3.18. The van der Waals surface area contributed by atoms with E-state index in [0.717, 1.165) is 17.5 Å². The smallest absolute Gasteiger partial charge is 0.233 e. The van der Waals surface area contributed by atoms with E-state index in [1.807, 2.05) is 24.3 Å². The van der Waals surface area contributed by atoms with Crippen LogP contribution in [0.5, 0.6) is 0 Å². The van der Waals surface area contributed by atoms with Gasteiger partial charge in [-0.2, -0.15) is 0 Å². The lowest BCUT2D eigenvalue weighted by Gasteiger charge is -2.07. The van der Waals surface area contributed by atoms with E-state index in [9.17, 15) is 9.18 Å². The molecule has 3 nitrogen and oxygen atoms in total. The highest BCUT2D eigenvalue weighted by Gasteiger charge is 2.01. The number of benzene rings is 2. The first kappa shape index (κ1) is 16.5. The predicted molar refractivity (Wildman–Crippen MR) is 86.3 cm³/mol. The van der Waals surface area contributed by atoms with E-state index in [-0.39, 0.29) is 18.3 Å². The molecule has 0 atom stereocenters. The summed E-state index contributed by atoms with van der Waals surface area (Å²) in [5.74, 6) is -0.320. The molecule has 0 bridgehead atoms. The van der Waals surface area contributed by atoms with Crippen molar-refractivity contribution in [3.05, 3.63) is 70.5 Å². The Labute approximate surface area is 134 Å². The molecular formula is C17H18ClFN2O. The Balaban J connectivity index is 1.61. The molecule has 0 radical (unpaired) electrons. The summed E-state index contributed by atoms with van der Waals surface area (Å²) in [6.45, 7) is 1.35. The Morgan fingerprint density at radius 1 is 1.00 bits per heavy atom. The average Bonchev–Trinajstić information content (AvgIpc) is 2.51. The van der Waals surface area contributed by atoms with Gasteiger partial charge in [-0.25, -0.2) is 4.39 Å². The van der Waals surface area contributed by atoms with Crippen LogP contribution in [-0.2, 0) is 17.8 Å². The third kappa shape index (κ3) is 5.84. The molecule has 0 fully saturated rings. The van der Waals surface area contributed by atoms with Gasteiger partial charge in [0.25, 0.3) is 0 Å². The van der Waals surface area contributed by atoms with E-state index in [4.69, 9.17) is 11.6 Å². The molecule has 22 heavy (non-hydrogen) atoms. The van der Waals surface area contributed by atoms with Crippen molar-refractivity contribution in [3.8, 4) is 0 Å². The van der Waals surface area contributed by atoms with E-state index in [1.165, 1.54) is 12.1 Å². The van der Waals surface area contributed by atoms with Crippen LogP contribution in [0.3, 0.4) is 0 Å². The molecule has 0 spiro atoms. The molecule has 2 rings (SSSR count). The fourth-order valence-electron chi connectivity index (χ4n) is 1.98. The van der Waals surface area contributed by atoms with Crippen LogP contribution in [0.4, 0.5) is 4.39 Å². The van der Waals surface area contributed by atoms with Gasteiger partial charge >= 0.3 is 0 Å². The van der Waals surface area contributed by atoms with Gasteiger partial charge in [-0.05, 0) is 41.8 Å². The lowest BCUT2D eigenvalue weighted by molar-refractivity contribution is -0.120. The molecule has 116 valence electrons. The summed E-state index contributed by atoms with van der Waals surface area (Å²) in [7, 11) is 0. The zero-order valence-electron chi connectivity index (χ0n) is 12.1. The highest BCUT2D eigenvalue weighted by Crippen LogP contribution is 2.09. The molecule has 0 heterocycles. The first-order valence-electron chi connectivity index (χ1n) is 7.10. The second-order valence-electron chi connectivity index (χ2n) is 4.96. The highest BCUT2D eigenvalue weighted by molar-refractivity contribution is 6.30. The maximum atomic E-state index is 12.7. The second-order valence-corrected chi connectivity index (χ2v) is 5.39. The summed E-state index contributed by atoms with van der Waals surface area (Å²) < 4.78 is 12.7. The van der Waals surface area contributed by atoms with E-state index < -0.39 is 0 Å². The summed E-state index contributed by atoms with van der Waals surface area (Å²) in [4.78, 5) is 11.7. The molecule has 0 aliphatic carbocycles. The van der Waals surface area contributed by atoms with E-state index >= 15 is 0 Å². The van der Waals surface area contributed by atoms with Crippen LogP contribution in [0.15, 0.2) is 48.5 Å². The maximum Gasteiger partial charge on any atom is 0.233 e. The van der Waals surface area contributed by atoms with Gasteiger partial charge in [-0.15, -0.1) is 0 Å². The van der Waals surface area contributed by atoms with Gasteiger partial charge in [0.05, 0.1) is 6.54 Å². The van der Waals surface area contributed by atoms with Crippen molar-refractivity contribution in [3.63, 3.8) is 0 Å². The SMILES string of the molecule is O=C(CNCc1ccc(F)cc1)NCCc1ccc(Cl)cc1. The molecule has 0 saturated carbocycles.